The number of hydrogen-bond acceptors (Lipinski definition) is 8. The number of nitrogens with one attached hydrogen (secondary N) is 2. The van der Waals surface area contributed by atoms with Crippen molar-refractivity contribution in [1.29, 1.82) is 0 Å². The van der Waals surface area contributed by atoms with Crippen LogP contribution in [0, 0.1) is 11.6 Å². The van der Waals surface area contributed by atoms with Crippen molar-refractivity contribution in [3.63, 3.8) is 0 Å². The average molecular weight is 545 g/mol. The van der Waals surface area contributed by atoms with Gasteiger partial charge in [-0.25, -0.2) is 13.8 Å². The van der Waals surface area contributed by atoms with Crippen LogP contribution in [0.4, 0.5) is 14.5 Å². The van der Waals surface area contributed by atoms with Gasteiger partial charge < -0.3 is 29.6 Å². The van der Waals surface area contributed by atoms with E-state index in [0.717, 1.165) is 12.1 Å². The molecule has 4 rings (SSSR count). The van der Waals surface area contributed by atoms with Crippen molar-refractivity contribution < 1.29 is 32.5 Å². The molecular weight excluding hydrogens is 522 g/mol. The first-order valence-corrected chi connectivity index (χ1v) is 11.6. The summed E-state index contributed by atoms with van der Waals surface area (Å²) in [6.07, 6.45) is 2.64. The monoisotopic (exact) mass is 544 g/mol. The van der Waals surface area contributed by atoms with E-state index in [1.54, 1.807) is 12.1 Å². The van der Waals surface area contributed by atoms with Gasteiger partial charge in [-0.05, 0) is 19.2 Å². The molecule has 0 fully saturated rings. The molecule has 0 saturated carbocycles. The Kier molecular flexibility index (Phi) is 8.39. The molecular formula is C26H23ClF2N4O5. The lowest BCUT2D eigenvalue weighted by molar-refractivity contribution is 0.102. The first-order chi connectivity index (χ1) is 18.3. The standard InChI is InChI=1S/C26H23ClF2N4O5/c1-30-6-7-37-24-11-18-14(8-23(24)36-3)20(4-5-31-18)38-22-10-16(28)19(9-17(22)29)33-26(34)15-13-32-25(27)12-21(15)35-2/h4-5,8-13,30H,6-7H2,1-3H3,(H,33,34). The third-order valence-electron chi connectivity index (χ3n) is 5.38. The molecule has 0 atom stereocenters. The van der Waals surface area contributed by atoms with Gasteiger partial charge in [0.1, 0.15) is 28.8 Å². The summed E-state index contributed by atoms with van der Waals surface area (Å²) in [5.41, 5.74) is 0.0862. The van der Waals surface area contributed by atoms with Crippen LogP contribution in [0.5, 0.6) is 28.7 Å². The zero-order valence-electron chi connectivity index (χ0n) is 20.6. The van der Waals surface area contributed by atoms with Gasteiger partial charge in [-0.2, -0.15) is 0 Å². The van der Waals surface area contributed by atoms with E-state index in [4.69, 9.17) is 30.5 Å². The van der Waals surface area contributed by atoms with Crippen LogP contribution < -0.4 is 29.6 Å². The number of nitrogens with zero attached hydrogens (tertiary/aromatic N) is 2. The summed E-state index contributed by atoms with van der Waals surface area (Å²) in [6, 6.07) is 7.80. The van der Waals surface area contributed by atoms with Gasteiger partial charge in [0, 0.05) is 48.6 Å². The Balaban J connectivity index is 1.60. The summed E-state index contributed by atoms with van der Waals surface area (Å²) in [5.74, 6) is -1.77. The van der Waals surface area contributed by atoms with Gasteiger partial charge in [0.15, 0.2) is 28.9 Å². The molecule has 0 radical (unpaired) electrons. The average Bonchev–Trinajstić information content (AvgIpc) is 2.91. The Morgan fingerprint density at radius 3 is 2.47 bits per heavy atom. The number of fused-ring (bicyclic) bond motifs is 1. The fourth-order valence-corrected chi connectivity index (χ4v) is 3.66. The van der Waals surface area contributed by atoms with Crippen molar-refractivity contribution in [3.05, 3.63) is 71.1 Å². The minimum Gasteiger partial charge on any atom is -0.496 e. The summed E-state index contributed by atoms with van der Waals surface area (Å²) < 4.78 is 51.9. The van der Waals surface area contributed by atoms with E-state index < -0.39 is 29.0 Å². The Labute approximate surface area is 221 Å². The quantitative estimate of drug-likeness (QED) is 0.207. The number of aromatic nitrogens is 2. The lowest BCUT2D eigenvalue weighted by Crippen LogP contribution is -2.16. The van der Waals surface area contributed by atoms with Crippen LogP contribution in [0.3, 0.4) is 0 Å². The molecule has 0 aliphatic heterocycles. The Morgan fingerprint density at radius 2 is 1.74 bits per heavy atom. The zero-order chi connectivity index (χ0) is 27.2. The second-order valence-corrected chi connectivity index (χ2v) is 8.19. The summed E-state index contributed by atoms with van der Waals surface area (Å²) >= 11 is 5.81. The van der Waals surface area contributed by atoms with Crippen LogP contribution in [0.1, 0.15) is 10.4 Å². The maximum absolute atomic E-state index is 15.0. The number of anilines is 1. The highest BCUT2D eigenvalue weighted by Gasteiger charge is 2.19. The van der Waals surface area contributed by atoms with E-state index in [2.05, 4.69) is 20.6 Å². The number of rotatable bonds is 10. The van der Waals surface area contributed by atoms with Crippen molar-refractivity contribution in [3.8, 4) is 28.7 Å². The molecule has 0 spiro atoms. The maximum Gasteiger partial charge on any atom is 0.261 e. The Bertz CT molecular complexity index is 1490. The fraction of sp³-hybridized carbons (Fsp3) is 0.192. The van der Waals surface area contributed by atoms with E-state index in [1.165, 1.54) is 38.7 Å². The van der Waals surface area contributed by atoms with Gasteiger partial charge in [0.05, 0.1) is 25.4 Å². The molecule has 0 aliphatic rings. The molecule has 0 saturated heterocycles. The first-order valence-electron chi connectivity index (χ1n) is 11.3. The molecule has 1 amide bonds. The number of carbonyl (C=O) groups excluding carboxylic acids is 1. The van der Waals surface area contributed by atoms with E-state index in [-0.39, 0.29) is 22.2 Å². The van der Waals surface area contributed by atoms with Crippen molar-refractivity contribution >= 4 is 34.1 Å². The van der Waals surface area contributed by atoms with Crippen LogP contribution in [0.25, 0.3) is 10.9 Å². The van der Waals surface area contributed by atoms with Crippen LogP contribution in [-0.2, 0) is 0 Å². The van der Waals surface area contributed by atoms with E-state index in [0.29, 0.717) is 35.6 Å². The van der Waals surface area contributed by atoms with Gasteiger partial charge in [0.2, 0.25) is 0 Å². The molecule has 198 valence electrons. The van der Waals surface area contributed by atoms with Crippen molar-refractivity contribution in [2.45, 2.75) is 0 Å². The molecule has 2 aromatic heterocycles. The minimum absolute atomic E-state index is 0.0106. The molecule has 9 nitrogen and oxygen atoms in total. The summed E-state index contributed by atoms with van der Waals surface area (Å²) in [6.45, 7) is 1.03. The maximum atomic E-state index is 15.0. The van der Waals surface area contributed by atoms with Gasteiger partial charge >= 0.3 is 0 Å². The number of amides is 1. The first kappa shape index (κ1) is 26.8. The summed E-state index contributed by atoms with van der Waals surface area (Å²) in [5, 5.41) is 5.89. The fourth-order valence-electron chi connectivity index (χ4n) is 3.52. The highest BCUT2D eigenvalue weighted by molar-refractivity contribution is 6.29. The summed E-state index contributed by atoms with van der Waals surface area (Å²) in [7, 11) is 4.63. The molecule has 0 aliphatic carbocycles. The third-order valence-corrected chi connectivity index (χ3v) is 5.59. The highest BCUT2D eigenvalue weighted by Crippen LogP contribution is 2.38. The highest BCUT2D eigenvalue weighted by atomic mass is 35.5. The van der Waals surface area contributed by atoms with Gasteiger partial charge in [-0.15, -0.1) is 0 Å². The van der Waals surface area contributed by atoms with Gasteiger partial charge in [-0.1, -0.05) is 11.6 Å². The molecule has 2 N–H and O–H groups in total. The smallest absolute Gasteiger partial charge is 0.261 e. The van der Waals surface area contributed by atoms with Crippen LogP contribution in [0.15, 0.2) is 48.8 Å². The third kappa shape index (κ3) is 5.84. The van der Waals surface area contributed by atoms with Crippen molar-refractivity contribution in [1.82, 2.24) is 15.3 Å². The number of halogens is 3. The number of benzene rings is 2. The van der Waals surface area contributed by atoms with Crippen LogP contribution >= 0.6 is 11.6 Å². The Morgan fingerprint density at radius 1 is 0.947 bits per heavy atom. The second kappa shape index (κ2) is 11.9. The van der Waals surface area contributed by atoms with Crippen LogP contribution in [0.2, 0.25) is 5.15 Å². The molecule has 2 aromatic carbocycles. The van der Waals surface area contributed by atoms with E-state index in [9.17, 15) is 13.6 Å². The van der Waals surface area contributed by atoms with Crippen LogP contribution in [-0.4, -0.2) is 50.3 Å². The topological polar surface area (TPSA) is 104 Å². The molecule has 0 unspecified atom stereocenters. The van der Waals surface area contributed by atoms with E-state index in [1.807, 2.05) is 7.05 Å². The molecule has 4 aromatic rings. The number of hydrogen-bond donors (Lipinski definition) is 2. The minimum atomic E-state index is -0.924. The number of carbonyl (C=O) groups is 1. The zero-order valence-corrected chi connectivity index (χ0v) is 21.4. The predicted octanol–water partition coefficient (Wildman–Crippen LogP) is 5.22. The normalized spacial score (nSPS) is 10.8. The number of likely N-dealkylation sites (N-methyl/N-ethyl adjacent to an activating group) is 1. The predicted molar refractivity (Wildman–Crippen MR) is 138 cm³/mol. The lowest BCUT2D eigenvalue weighted by atomic mass is 10.1. The molecule has 2 heterocycles. The van der Waals surface area contributed by atoms with Crippen molar-refractivity contribution in [2.75, 3.05) is 39.7 Å². The second-order valence-electron chi connectivity index (χ2n) is 7.81. The lowest BCUT2D eigenvalue weighted by Gasteiger charge is -2.15. The number of methoxy groups -OCH3 is 2. The largest absolute Gasteiger partial charge is 0.496 e. The van der Waals surface area contributed by atoms with Gasteiger partial charge in [0.25, 0.3) is 5.91 Å². The molecule has 38 heavy (non-hydrogen) atoms. The number of pyridine rings is 2. The molecule has 0 bridgehead atoms. The molecule has 12 heteroatoms. The Hall–Kier alpha value is -4.22. The van der Waals surface area contributed by atoms with Crippen molar-refractivity contribution in [2.24, 2.45) is 0 Å². The summed E-state index contributed by atoms with van der Waals surface area (Å²) in [4.78, 5) is 20.8. The van der Waals surface area contributed by atoms with Gasteiger partial charge in [-0.3, -0.25) is 9.78 Å². The van der Waals surface area contributed by atoms with E-state index >= 15 is 0 Å². The number of ether oxygens (including phenoxy) is 4. The SMILES string of the molecule is CNCCOc1cc2nccc(Oc3cc(F)c(NC(=O)c4cnc(Cl)cc4OC)cc3F)c2cc1OC.